The van der Waals surface area contributed by atoms with Crippen molar-refractivity contribution < 1.29 is 18.3 Å². The van der Waals surface area contributed by atoms with Gasteiger partial charge in [0, 0.05) is 47.4 Å². The number of guanidine groups is 1. The molecule has 1 rings (SSSR count). The van der Waals surface area contributed by atoms with Crippen LogP contribution in [0.3, 0.4) is 0 Å². The highest BCUT2D eigenvalue weighted by molar-refractivity contribution is 14.0. The molecule has 1 N–H and O–H groups in total. The zero-order valence-electron chi connectivity index (χ0n) is 15.7. The van der Waals surface area contributed by atoms with Gasteiger partial charge in [-0.05, 0) is 24.7 Å². The van der Waals surface area contributed by atoms with E-state index in [0.29, 0.717) is 13.2 Å². The summed E-state index contributed by atoms with van der Waals surface area (Å²) in [5.41, 5.74) is 0.976. The van der Waals surface area contributed by atoms with E-state index in [-0.39, 0.29) is 29.7 Å². The molecule has 0 unspecified atom stereocenters. The van der Waals surface area contributed by atoms with Crippen LogP contribution in [0.5, 0.6) is 5.75 Å². The Hall–Kier alpha value is -1.20. The molecule has 0 saturated heterocycles. The van der Waals surface area contributed by atoms with Crippen LogP contribution in [0, 0.1) is 0 Å². The summed E-state index contributed by atoms with van der Waals surface area (Å²) in [7, 11) is 7.38. The van der Waals surface area contributed by atoms with Gasteiger partial charge >= 0.3 is 6.61 Å². The normalized spacial score (nSPS) is 11.5. The second-order valence-electron chi connectivity index (χ2n) is 5.65. The molecule has 0 radical (unpaired) electrons. The van der Waals surface area contributed by atoms with Crippen molar-refractivity contribution in [3.8, 4) is 5.75 Å². The van der Waals surface area contributed by atoms with E-state index in [1.807, 2.05) is 19.0 Å². The molecular formula is C17H29F2IN4O2. The smallest absolute Gasteiger partial charge is 0.387 e. The Morgan fingerprint density at radius 2 is 1.85 bits per heavy atom. The number of benzene rings is 1. The fraction of sp³-hybridized carbons (Fsp3) is 0.588. The lowest BCUT2D eigenvalue weighted by Gasteiger charge is -2.23. The fourth-order valence-electron chi connectivity index (χ4n) is 2.23. The summed E-state index contributed by atoms with van der Waals surface area (Å²) in [6.45, 7) is 1.01. The lowest BCUT2D eigenvalue weighted by atomic mass is 10.2. The van der Waals surface area contributed by atoms with E-state index in [9.17, 15) is 8.78 Å². The Kier molecular flexibility index (Phi) is 13.3. The van der Waals surface area contributed by atoms with E-state index >= 15 is 0 Å². The van der Waals surface area contributed by atoms with Crippen LogP contribution in [0.25, 0.3) is 0 Å². The standard InChI is InChI=1S/C17H28F2N4O2.HI/c1-20-17(21-9-10-22(2)11-12-24-4)23(3)13-14-5-7-15(8-6-14)25-16(18)19;/h5-8,16H,9-13H2,1-4H3,(H,20,21);1H. The van der Waals surface area contributed by atoms with Gasteiger partial charge in [-0.1, -0.05) is 12.1 Å². The number of methoxy groups -OCH3 is 1. The molecule has 0 fully saturated rings. The van der Waals surface area contributed by atoms with Gasteiger partial charge in [-0.25, -0.2) is 0 Å². The van der Waals surface area contributed by atoms with Gasteiger partial charge in [-0.3, -0.25) is 4.99 Å². The lowest BCUT2D eigenvalue weighted by Crippen LogP contribution is -2.42. The molecule has 6 nitrogen and oxygen atoms in total. The maximum Gasteiger partial charge on any atom is 0.387 e. The molecule has 0 aliphatic rings. The van der Waals surface area contributed by atoms with Gasteiger partial charge in [0.2, 0.25) is 0 Å². The van der Waals surface area contributed by atoms with Gasteiger partial charge < -0.3 is 24.6 Å². The third-order valence-electron chi connectivity index (χ3n) is 3.60. The van der Waals surface area contributed by atoms with Crippen LogP contribution in [-0.4, -0.2) is 76.9 Å². The summed E-state index contributed by atoms with van der Waals surface area (Å²) in [5, 5.41) is 3.30. The van der Waals surface area contributed by atoms with Crippen LogP contribution in [-0.2, 0) is 11.3 Å². The molecule has 0 atom stereocenters. The second kappa shape index (κ2) is 13.9. The number of hydrogen-bond donors (Lipinski definition) is 1. The number of nitrogens with zero attached hydrogens (tertiary/aromatic N) is 3. The SMILES string of the molecule is CN=C(NCCN(C)CCOC)N(C)Cc1ccc(OC(F)F)cc1.I. The first-order valence-corrected chi connectivity index (χ1v) is 8.09. The Labute approximate surface area is 171 Å². The molecule has 0 spiro atoms. The Morgan fingerprint density at radius 1 is 1.19 bits per heavy atom. The summed E-state index contributed by atoms with van der Waals surface area (Å²) in [6, 6.07) is 6.60. The van der Waals surface area contributed by atoms with Crippen molar-refractivity contribution >= 4 is 29.9 Å². The molecule has 9 heteroatoms. The van der Waals surface area contributed by atoms with Crippen molar-refractivity contribution in [2.45, 2.75) is 13.2 Å². The van der Waals surface area contributed by atoms with Gasteiger partial charge in [-0.2, -0.15) is 8.78 Å². The Bertz CT molecular complexity index is 518. The molecular weight excluding hydrogens is 457 g/mol. The molecule has 1 aromatic carbocycles. The summed E-state index contributed by atoms with van der Waals surface area (Å²) in [4.78, 5) is 8.41. The summed E-state index contributed by atoms with van der Waals surface area (Å²) in [6.07, 6.45) is 0. The van der Waals surface area contributed by atoms with Crippen molar-refractivity contribution in [2.24, 2.45) is 4.99 Å². The average molecular weight is 486 g/mol. The number of likely N-dealkylation sites (N-methyl/N-ethyl adjacent to an activating group) is 1. The number of rotatable bonds is 10. The maximum absolute atomic E-state index is 12.2. The van der Waals surface area contributed by atoms with E-state index in [1.54, 1.807) is 26.3 Å². The van der Waals surface area contributed by atoms with Gasteiger partial charge in [0.25, 0.3) is 0 Å². The first kappa shape index (κ1) is 24.8. The van der Waals surface area contributed by atoms with Crippen LogP contribution in [0.15, 0.2) is 29.3 Å². The van der Waals surface area contributed by atoms with E-state index < -0.39 is 6.61 Å². The third-order valence-corrected chi connectivity index (χ3v) is 3.60. The van der Waals surface area contributed by atoms with E-state index in [2.05, 4.69) is 19.9 Å². The fourth-order valence-corrected chi connectivity index (χ4v) is 2.23. The predicted molar refractivity (Wildman–Crippen MR) is 111 cm³/mol. The van der Waals surface area contributed by atoms with E-state index in [4.69, 9.17) is 4.74 Å². The Balaban J connectivity index is 0.00000625. The van der Waals surface area contributed by atoms with Gasteiger partial charge in [0.05, 0.1) is 6.61 Å². The molecule has 0 aliphatic heterocycles. The topological polar surface area (TPSA) is 49.3 Å². The first-order chi connectivity index (χ1) is 12.0. The lowest BCUT2D eigenvalue weighted by molar-refractivity contribution is -0.0498. The van der Waals surface area contributed by atoms with Crippen LogP contribution >= 0.6 is 24.0 Å². The van der Waals surface area contributed by atoms with Crippen molar-refractivity contribution in [3.05, 3.63) is 29.8 Å². The molecule has 26 heavy (non-hydrogen) atoms. The minimum atomic E-state index is -2.81. The maximum atomic E-state index is 12.2. The first-order valence-electron chi connectivity index (χ1n) is 8.09. The monoisotopic (exact) mass is 486 g/mol. The van der Waals surface area contributed by atoms with Crippen molar-refractivity contribution in [1.29, 1.82) is 0 Å². The molecule has 0 aliphatic carbocycles. The second-order valence-corrected chi connectivity index (χ2v) is 5.65. The highest BCUT2D eigenvalue weighted by Crippen LogP contribution is 2.15. The Morgan fingerprint density at radius 3 is 2.38 bits per heavy atom. The predicted octanol–water partition coefficient (Wildman–Crippen LogP) is 2.49. The summed E-state index contributed by atoms with van der Waals surface area (Å²) >= 11 is 0. The zero-order chi connectivity index (χ0) is 18.7. The van der Waals surface area contributed by atoms with Crippen LogP contribution < -0.4 is 10.1 Å². The van der Waals surface area contributed by atoms with Crippen LogP contribution in [0.2, 0.25) is 0 Å². The molecule has 1 aromatic rings. The number of nitrogens with one attached hydrogen (secondary N) is 1. The quantitative estimate of drug-likeness (QED) is 0.313. The number of alkyl halides is 2. The largest absolute Gasteiger partial charge is 0.435 e. The number of ether oxygens (including phenoxy) is 2. The van der Waals surface area contributed by atoms with E-state index in [0.717, 1.165) is 31.2 Å². The molecule has 0 heterocycles. The minimum Gasteiger partial charge on any atom is -0.435 e. The molecule has 0 aromatic heterocycles. The number of halogens is 3. The van der Waals surface area contributed by atoms with Gasteiger partial charge in [-0.15, -0.1) is 24.0 Å². The minimum absolute atomic E-state index is 0. The van der Waals surface area contributed by atoms with Gasteiger partial charge in [0.1, 0.15) is 5.75 Å². The summed E-state index contributed by atoms with van der Waals surface area (Å²) < 4.78 is 33.7. The van der Waals surface area contributed by atoms with E-state index in [1.165, 1.54) is 12.1 Å². The third kappa shape index (κ3) is 10.1. The van der Waals surface area contributed by atoms with Crippen LogP contribution in [0.4, 0.5) is 8.78 Å². The summed E-state index contributed by atoms with van der Waals surface area (Å²) in [5.74, 6) is 0.927. The van der Waals surface area contributed by atoms with Crippen molar-refractivity contribution in [1.82, 2.24) is 15.1 Å². The highest BCUT2D eigenvalue weighted by atomic mass is 127. The van der Waals surface area contributed by atoms with Crippen molar-refractivity contribution in [3.63, 3.8) is 0 Å². The zero-order valence-corrected chi connectivity index (χ0v) is 18.1. The number of aliphatic imine (C=N–C) groups is 1. The van der Waals surface area contributed by atoms with Gasteiger partial charge in [0.15, 0.2) is 5.96 Å². The number of hydrogen-bond acceptors (Lipinski definition) is 4. The molecule has 0 bridgehead atoms. The highest BCUT2D eigenvalue weighted by Gasteiger charge is 2.08. The van der Waals surface area contributed by atoms with Crippen LogP contribution in [0.1, 0.15) is 5.56 Å². The molecule has 150 valence electrons. The molecule has 0 amide bonds. The molecule has 0 saturated carbocycles. The van der Waals surface area contributed by atoms with Crippen molar-refractivity contribution in [2.75, 3.05) is 54.5 Å². The average Bonchev–Trinajstić information content (AvgIpc) is 2.58.